The highest BCUT2D eigenvalue weighted by Gasteiger charge is 2.06. The van der Waals surface area contributed by atoms with E-state index in [4.69, 9.17) is 9.47 Å². The van der Waals surface area contributed by atoms with Crippen molar-refractivity contribution in [3.8, 4) is 5.75 Å². The van der Waals surface area contributed by atoms with Crippen LogP contribution in [0.15, 0.2) is 28.6 Å². The first-order valence-corrected chi connectivity index (χ1v) is 10.2. The number of aromatic nitrogens is 1. The van der Waals surface area contributed by atoms with E-state index in [0.717, 1.165) is 40.9 Å². The molecule has 2 N–H and O–H groups in total. The molecule has 0 radical (unpaired) electrons. The molecule has 0 saturated carbocycles. The summed E-state index contributed by atoms with van der Waals surface area (Å²) >= 11 is 1.68. The molecule has 0 atom stereocenters. The van der Waals surface area contributed by atoms with Crippen LogP contribution in [0.3, 0.4) is 0 Å². The van der Waals surface area contributed by atoms with Crippen molar-refractivity contribution >= 4 is 17.3 Å². The minimum absolute atomic E-state index is 0.546. The number of guanidine groups is 1. The molecule has 1 aromatic carbocycles. The highest BCUT2D eigenvalue weighted by molar-refractivity contribution is 7.09. The molecule has 0 amide bonds. The fraction of sp³-hybridized carbons (Fsp3) is 0.500. The summed E-state index contributed by atoms with van der Waals surface area (Å²) in [5.41, 5.74) is 3.38. The van der Waals surface area contributed by atoms with Crippen molar-refractivity contribution < 1.29 is 9.47 Å². The van der Waals surface area contributed by atoms with E-state index >= 15 is 0 Å². The molecule has 0 fully saturated rings. The van der Waals surface area contributed by atoms with E-state index in [1.54, 1.807) is 18.4 Å². The molecule has 0 aliphatic carbocycles. The lowest BCUT2D eigenvalue weighted by atomic mass is 10.1. The zero-order valence-electron chi connectivity index (χ0n) is 16.7. The maximum absolute atomic E-state index is 5.89. The molecule has 0 aliphatic rings. The van der Waals surface area contributed by atoms with E-state index in [2.05, 4.69) is 51.1 Å². The summed E-state index contributed by atoms with van der Waals surface area (Å²) in [6, 6.07) is 6.24. The molecule has 1 heterocycles. The van der Waals surface area contributed by atoms with Gasteiger partial charge in [-0.2, -0.15) is 0 Å². The van der Waals surface area contributed by atoms with Crippen molar-refractivity contribution in [3.05, 3.63) is 45.4 Å². The van der Waals surface area contributed by atoms with Crippen molar-refractivity contribution in [3.63, 3.8) is 0 Å². The average molecular weight is 391 g/mol. The first-order chi connectivity index (χ1) is 13.1. The molecule has 2 rings (SSSR count). The van der Waals surface area contributed by atoms with Crippen LogP contribution >= 0.6 is 11.3 Å². The van der Waals surface area contributed by atoms with Crippen molar-refractivity contribution in [1.82, 2.24) is 15.6 Å². The Bertz CT molecular complexity index is 731. The Kier molecular flexibility index (Phi) is 9.07. The SMILES string of the molecule is CCOCCOc1cc(C)ccc1CNC(=NC)NCCc1csc(C)n1. The summed E-state index contributed by atoms with van der Waals surface area (Å²) in [6.07, 6.45) is 0.876. The summed E-state index contributed by atoms with van der Waals surface area (Å²) < 4.78 is 11.2. The van der Waals surface area contributed by atoms with Crippen LogP contribution in [0.5, 0.6) is 5.75 Å². The lowest BCUT2D eigenvalue weighted by molar-refractivity contribution is 0.110. The molecule has 1 aromatic heterocycles. The van der Waals surface area contributed by atoms with Crippen molar-refractivity contribution in [2.45, 2.75) is 33.7 Å². The number of nitrogens with zero attached hydrogens (tertiary/aromatic N) is 2. The molecular weight excluding hydrogens is 360 g/mol. The second kappa shape index (κ2) is 11.6. The second-order valence-corrected chi connectivity index (χ2v) is 7.18. The Labute approximate surface area is 166 Å². The van der Waals surface area contributed by atoms with Gasteiger partial charge in [0, 0.05) is 44.1 Å². The Morgan fingerprint density at radius 3 is 2.78 bits per heavy atom. The molecular formula is C20H30N4O2S. The molecule has 0 saturated heterocycles. The summed E-state index contributed by atoms with van der Waals surface area (Å²) in [5, 5.41) is 9.88. The summed E-state index contributed by atoms with van der Waals surface area (Å²) in [4.78, 5) is 8.77. The van der Waals surface area contributed by atoms with Crippen LogP contribution in [0.4, 0.5) is 0 Å². The number of aryl methyl sites for hydroxylation is 2. The number of hydrogen-bond acceptors (Lipinski definition) is 5. The molecule has 27 heavy (non-hydrogen) atoms. The normalized spacial score (nSPS) is 11.5. The second-order valence-electron chi connectivity index (χ2n) is 6.12. The molecule has 0 unspecified atom stereocenters. The van der Waals surface area contributed by atoms with Gasteiger partial charge < -0.3 is 20.1 Å². The number of rotatable bonds is 10. The first-order valence-electron chi connectivity index (χ1n) is 9.28. The highest BCUT2D eigenvalue weighted by Crippen LogP contribution is 2.20. The van der Waals surface area contributed by atoms with Crippen LogP contribution < -0.4 is 15.4 Å². The fourth-order valence-electron chi connectivity index (χ4n) is 2.53. The quantitative estimate of drug-likeness (QED) is 0.371. The standard InChI is InChI=1S/C20H30N4O2S/c1-5-25-10-11-26-19-12-15(2)6-7-17(19)13-23-20(21-4)22-9-8-18-14-27-16(3)24-18/h6-7,12,14H,5,8-11,13H2,1-4H3,(H2,21,22,23). The Balaban J connectivity index is 1.83. The van der Waals surface area contributed by atoms with Crippen LogP contribution in [0.25, 0.3) is 0 Å². The molecule has 148 valence electrons. The third-order valence-corrected chi connectivity index (χ3v) is 4.74. The van der Waals surface area contributed by atoms with Gasteiger partial charge in [-0.25, -0.2) is 4.98 Å². The van der Waals surface area contributed by atoms with Gasteiger partial charge >= 0.3 is 0 Å². The number of nitrogens with one attached hydrogen (secondary N) is 2. The molecule has 6 nitrogen and oxygen atoms in total. The van der Waals surface area contributed by atoms with E-state index < -0.39 is 0 Å². The Morgan fingerprint density at radius 1 is 1.22 bits per heavy atom. The smallest absolute Gasteiger partial charge is 0.191 e. The van der Waals surface area contributed by atoms with Gasteiger partial charge in [0.25, 0.3) is 0 Å². The van der Waals surface area contributed by atoms with Crippen molar-refractivity contribution in [2.75, 3.05) is 33.4 Å². The summed E-state index contributed by atoms with van der Waals surface area (Å²) in [5.74, 6) is 1.65. The first kappa shape index (κ1) is 21.2. The molecule has 0 aliphatic heterocycles. The number of ether oxygens (including phenoxy) is 2. The number of hydrogen-bond donors (Lipinski definition) is 2. The van der Waals surface area contributed by atoms with Crippen molar-refractivity contribution in [2.24, 2.45) is 4.99 Å². The Hall–Kier alpha value is -2.12. The number of benzene rings is 1. The van der Waals surface area contributed by atoms with E-state index in [9.17, 15) is 0 Å². The van der Waals surface area contributed by atoms with Crippen LogP contribution in [-0.2, 0) is 17.7 Å². The predicted octanol–water partition coefficient (Wildman–Crippen LogP) is 3.08. The minimum atomic E-state index is 0.546. The van der Waals surface area contributed by atoms with Gasteiger partial charge in [-0.15, -0.1) is 11.3 Å². The van der Waals surface area contributed by atoms with Gasteiger partial charge in [-0.3, -0.25) is 4.99 Å². The van der Waals surface area contributed by atoms with E-state index in [0.29, 0.717) is 26.4 Å². The van der Waals surface area contributed by atoms with E-state index in [1.807, 2.05) is 13.8 Å². The van der Waals surface area contributed by atoms with Crippen LogP contribution in [0, 0.1) is 13.8 Å². The van der Waals surface area contributed by atoms with Gasteiger partial charge in [0.15, 0.2) is 5.96 Å². The number of aliphatic imine (C=N–C) groups is 1. The summed E-state index contributed by atoms with van der Waals surface area (Å²) in [7, 11) is 1.77. The van der Waals surface area contributed by atoms with Crippen molar-refractivity contribution in [1.29, 1.82) is 0 Å². The van der Waals surface area contributed by atoms with Crippen LogP contribution in [0.1, 0.15) is 28.8 Å². The van der Waals surface area contributed by atoms with Gasteiger partial charge in [-0.1, -0.05) is 12.1 Å². The molecule has 0 spiro atoms. The molecule has 0 bridgehead atoms. The monoisotopic (exact) mass is 390 g/mol. The molecule has 7 heteroatoms. The largest absolute Gasteiger partial charge is 0.491 e. The number of thiazole rings is 1. The summed E-state index contributed by atoms with van der Waals surface area (Å²) in [6.45, 7) is 9.34. The lowest BCUT2D eigenvalue weighted by Crippen LogP contribution is -2.38. The maximum atomic E-state index is 5.89. The average Bonchev–Trinajstić information content (AvgIpc) is 3.08. The lowest BCUT2D eigenvalue weighted by Gasteiger charge is -2.15. The third kappa shape index (κ3) is 7.56. The van der Waals surface area contributed by atoms with E-state index in [1.165, 1.54) is 5.56 Å². The predicted molar refractivity (Wildman–Crippen MR) is 112 cm³/mol. The third-order valence-electron chi connectivity index (χ3n) is 3.92. The van der Waals surface area contributed by atoms with Crippen LogP contribution in [0.2, 0.25) is 0 Å². The maximum Gasteiger partial charge on any atom is 0.191 e. The van der Waals surface area contributed by atoms with Gasteiger partial charge in [-0.05, 0) is 32.4 Å². The molecule has 2 aromatic rings. The zero-order chi connectivity index (χ0) is 19.5. The topological polar surface area (TPSA) is 67.8 Å². The highest BCUT2D eigenvalue weighted by atomic mass is 32.1. The van der Waals surface area contributed by atoms with Gasteiger partial charge in [0.1, 0.15) is 12.4 Å². The van der Waals surface area contributed by atoms with Gasteiger partial charge in [0.05, 0.1) is 17.3 Å². The van der Waals surface area contributed by atoms with E-state index in [-0.39, 0.29) is 0 Å². The minimum Gasteiger partial charge on any atom is -0.491 e. The Morgan fingerprint density at radius 2 is 2.07 bits per heavy atom. The fourth-order valence-corrected chi connectivity index (χ4v) is 3.18. The van der Waals surface area contributed by atoms with Gasteiger partial charge in [0.2, 0.25) is 0 Å². The zero-order valence-corrected chi connectivity index (χ0v) is 17.5. The van der Waals surface area contributed by atoms with Crippen LogP contribution in [-0.4, -0.2) is 44.4 Å².